The van der Waals surface area contributed by atoms with E-state index < -0.39 is 33.0 Å². The molecule has 0 saturated heterocycles. The summed E-state index contributed by atoms with van der Waals surface area (Å²) in [6, 6.07) is 14.3. The molecule has 0 aliphatic carbocycles. The second-order valence-corrected chi connectivity index (χ2v) is 13.0. The monoisotopic (exact) mass is 574 g/mol. The lowest BCUT2D eigenvalue weighted by atomic mass is 9.88. The average molecular weight is 575 g/mol. The zero-order valence-electron chi connectivity index (χ0n) is 23.3. The van der Waals surface area contributed by atoms with Crippen LogP contribution in [0.5, 0.6) is 11.5 Å². The molecule has 9 heteroatoms. The maximum absolute atomic E-state index is 16.1. The van der Waals surface area contributed by atoms with E-state index in [9.17, 15) is 18.3 Å². The van der Waals surface area contributed by atoms with Crippen LogP contribution in [0.15, 0.2) is 71.3 Å². The lowest BCUT2D eigenvalue weighted by Gasteiger charge is -2.37. The number of sulfone groups is 1. The van der Waals surface area contributed by atoms with Crippen LogP contribution in [-0.4, -0.2) is 31.8 Å². The van der Waals surface area contributed by atoms with Gasteiger partial charge in [-0.05, 0) is 62.1 Å². The number of benzene rings is 3. The minimum absolute atomic E-state index is 0.0197. The standard InChI is InChI=1S/C32H31FN2O5S/c1-5-6-15-40-22-13-14-23(24(33)17-22)29-30-25(18-32(3,4)19-41(30,38)39)34-28-26(11-8-12-27(28)36)35(29)31(37)21-10-7-9-20(2)16-21/h7-14,16-17,29,34,36H,15,18-19H2,1-4H3. The molecule has 1 atom stereocenters. The first-order chi connectivity index (χ1) is 19.4. The minimum Gasteiger partial charge on any atom is -0.506 e. The molecule has 0 radical (unpaired) electrons. The van der Waals surface area contributed by atoms with Crippen LogP contribution in [0.2, 0.25) is 0 Å². The highest BCUT2D eigenvalue weighted by Gasteiger charge is 2.48. The Morgan fingerprint density at radius 1 is 1.17 bits per heavy atom. The number of nitrogens with zero attached hydrogens (tertiary/aromatic N) is 1. The quantitative estimate of drug-likeness (QED) is 0.288. The van der Waals surface area contributed by atoms with E-state index in [4.69, 9.17) is 4.74 Å². The van der Waals surface area contributed by atoms with Crippen LogP contribution in [0.3, 0.4) is 0 Å². The van der Waals surface area contributed by atoms with Crippen molar-refractivity contribution in [2.45, 2.75) is 40.2 Å². The van der Waals surface area contributed by atoms with Crippen molar-refractivity contribution in [3.63, 3.8) is 0 Å². The van der Waals surface area contributed by atoms with Crippen molar-refractivity contribution < 1.29 is 27.4 Å². The van der Waals surface area contributed by atoms with Gasteiger partial charge >= 0.3 is 0 Å². The molecule has 2 N–H and O–H groups in total. The number of anilines is 2. The van der Waals surface area contributed by atoms with Crippen LogP contribution < -0.4 is 15.0 Å². The van der Waals surface area contributed by atoms with Crippen molar-refractivity contribution in [1.29, 1.82) is 0 Å². The Morgan fingerprint density at radius 3 is 2.63 bits per heavy atom. The summed E-state index contributed by atoms with van der Waals surface area (Å²) in [5.41, 5.74) is 1.16. The maximum Gasteiger partial charge on any atom is 0.259 e. The van der Waals surface area contributed by atoms with Crippen molar-refractivity contribution in [3.8, 4) is 23.3 Å². The largest absolute Gasteiger partial charge is 0.506 e. The van der Waals surface area contributed by atoms with Crippen LogP contribution >= 0.6 is 0 Å². The Kier molecular flexibility index (Phi) is 7.30. The second-order valence-electron chi connectivity index (χ2n) is 11.1. The number of para-hydroxylation sites is 1. The second kappa shape index (κ2) is 10.6. The van der Waals surface area contributed by atoms with Gasteiger partial charge in [0.25, 0.3) is 5.91 Å². The number of ether oxygens (including phenoxy) is 1. The summed E-state index contributed by atoms with van der Waals surface area (Å²) in [6.45, 7) is 7.24. The highest BCUT2D eigenvalue weighted by molar-refractivity contribution is 7.95. The first kappa shape index (κ1) is 28.2. The molecule has 1 amide bonds. The Hall–Kier alpha value is -4.29. The van der Waals surface area contributed by atoms with E-state index in [1.807, 2.05) is 26.8 Å². The molecule has 2 heterocycles. The van der Waals surface area contributed by atoms with Crippen molar-refractivity contribution in [2.24, 2.45) is 5.41 Å². The molecule has 2 aliphatic rings. The first-order valence-corrected chi connectivity index (χ1v) is 14.8. The highest BCUT2D eigenvalue weighted by atomic mass is 32.2. The van der Waals surface area contributed by atoms with Gasteiger partial charge in [0.1, 0.15) is 35.7 Å². The molecule has 0 fully saturated rings. The molecule has 2 aliphatic heterocycles. The molecule has 3 aromatic carbocycles. The van der Waals surface area contributed by atoms with Gasteiger partial charge in [0.05, 0.1) is 16.3 Å². The number of hydrogen-bond donors (Lipinski definition) is 2. The smallest absolute Gasteiger partial charge is 0.259 e. The first-order valence-electron chi connectivity index (χ1n) is 13.2. The Balaban J connectivity index is 1.81. The number of rotatable bonds is 4. The van der Waals surface area contributed by atoms with Gasteiger partial charge < -0.3 is 15.2 Å². The summed E-state index contributed by atoms with van der Waals surface area (Å²) in [7, 11) is -4.02. The molecule has 0 saturated carbocycles. The summed E-state index contributed by atoms with van der Waals surface area (Å²) in [5, 5.41) is 14.1. The van der Waals surface area contributed by atoms with Gasteiger partial charge in [-0.25, -0.2) is 12.8 Å². The Morgan fingerprint density at radius 2 is 1.93 bits per heavy atom. The van der Waals surface area contributed by atoms with Crippen LogP contribution in [0, 0.1) is 30.0 Å². The van der Waals surface area contributed by atoms with Gasteiger partial charge in [0.2, 0.25) is 0 Å². The number of hydrogen-bond acceptors (Lipinski definition) is 6. The number of phenolic OH excluding ortho intramolecular Hbond substituents is 1. The van der Waals surface area contributed by atoms with Crippen LogP contribution in [-0.2, 0) is 9.84 Å². The maximum atomic E-state index is 16.1. The molecule has 7 nitrogen and oxygen atoms in total. The molecular weight excluding hydrogens is 543 g/mol. The van der Waals surface area contributed by atoms with E-state index in [0.717, 1.165) is 5.56 Å². The lowest BCUT2D eigenvalue weighted by Crippen LogP contribution is -2.41. The highest BCUT2D eigenvalue weighted by Crippen LogP contribution is 2.52. The third kappa shape index (κ3) is 5.40. The minimum atomic E-state index is -4.02. The normalized spacial score (nSPS) is 18.7. The molecule has 41 heavy (non-hydrogen) atoms. The summed E-state index contributed by atoms with van der Waals surface area (Å²) < 4.78 is 49.7. The summed E-state index contributed by atoms with van der Waals surface area (Å²) >= 11 is 0. The van der Waals surface area contributed by atoms with E-state index >= 15 is 4.39 Å². The zero-order chi connectivity index (χ0) is 29.5. The molecule has 0 spiro atoms. The predicted molar refractivity (Wildman–Crippen MR) is 157 cm³/mol. The molecule has 0 bridgehead atoms. The number of allylic oxidation sites excluding steroid dienone is 1. The summed E-state index contributed by atoms with van der Waals surface area (Å²) in [6.07, 6.45) is 0.302. The van der Waals surface area contributed by atoms with Gasteiger partial charge in [-0.15, -0.1) is 5.92 Å². The SMILES string of the molecule is CC#CCOc1ccc(C2C3=C(CC(C)(C)CS3(=O)=O)Nc3c(O)cccc3N2C(=O)c2cccc(C)c2)c(F)c1. The summed E-state index contributed by atoms with van der Waals surface area (Å²) in [5.74, 6) is 4.04. The van der Waals surface area contributed by atoms with E-state index in [1.165, 1.54) is 29.2 Å². The van der Waals surface area contributed by atoms with E-state index in [0.29, 0.717) is 17.7 Å². The number of nitrogens with one attached hydrogen (secondary N) is 1. The summed E-state index contributed by atoms with van der Waals surface area (Å²) in [4.78, 5) is 15.5. The number of halogens is 1. The fourth-order valence-electron chi connectivity index (χ4n) is 5.54. The zero-order valence-corrected chi connectivity index (χ0v) is 24.1. The van der Waals surface area contributed by atoms with Crippen LogP contribution in [0.25, 0.3) is 0 Å². The number of carbonyl (C=O) groups is 1. The fourth-order valence-corrected chi connectivity index (χ4v) is 7.89. The molecular formula is C32H31FN2O5S. The van der Waals surface area contributed by atoms with Gasteiger partial charge in [-0.2, -0.15) is 0 Å². The van der Waals surface area contributed by atoms with Crippen molar-refractivity contribution in [1.82, 2.24) is 0 Å². The number of aromatic hydroxyl groups is 1. The molecule has 1 unspecified atom stereocenters. The van der Waals surface area contributed by atoms with Crippen LogP contribution in [0.4, 0.5) is 15.8 Å². The van der Waals surface area contributed by atoms with Gasteiger partial charge in [-0.1, -0.05) is 43.5 Å². The number of fused-ring (bicyclic) bond motifs is 1. The molecule has 212 valence electrons. The molecule has 5 rings (SSSR count). The number of aryl methyl sites for hydroxylation is 1. The average Bonchev–Trinajstić information content (AvgIpc) is 3.03. The van der Waals surface area contributed by atoms with Gasteiger partial charge in [-0.3, -0.25) is 9.69 Å². The predicted octanol–water partition coefficient (Wildman–Crippen LogP) is 6.11. The molecule has 3 aromatic rings. The van der Waals surface area contributed by atoms with Crippen LogP contribution in [0.1, 0.15) is 54.7 Å². The van der Waals surface area contributed by atoms with Crippen molar-refractivity contribution in [2.75, 3.05) is 22.6 Å². The van der Waals surface area contributed by atoms with Gasteiger partial charge in [0.15, 0.2) is 9.84 Å². The molecule has 0 aromatic heterocycles. The Bertz CT molecular complexity index is 1750. The number of amides is 1. The lowest BCUT2D eigenvalue weighted by molar-refractivity contribution is 0.0980. The fraction of sp³-hybridized carbons (Fsp3) is 0.281. The Labute approximate surface area is 239 Å². The van der Waals surface area contributed by atoms with Crippen molar-refractivity contribution in [3.05, 3.63) is 93.8 Å². The van der Waals surface area contributed by atoms with E-state index in [-0.39, 0.29) is 45.7 Å². The van der Waals surface area contributed by atoms with E-state index in [1.54, 1.807) is 37.3 Å². The number of phenols is 1. The third-order valence-corrected chi connectivity index (χ3v) is 9.47. The number of carbonyl (C=O) groups excluding carboxylic acids is 1. The van der Waals surface area contributed by atoms with Gasteiger partial charge in [0, 0.05) is 22.9 Å². The van der Waals surface area contributed by atoms with Crippen molar-refractivity contribution >= 4 is 27.1 Å². The third-order valence-electron chi connectivity index (χ3n) is 7.17. The topological polar surface area (TPSA) is 95.9 Å². The van der Waals surface area contributed by atoms with E-state index in [2.05, 4.69) is 17.2 Å².